The van der Waals surface area contributed by atoms with Crippen LogP contribution in [0.15, 0.2) is 74.1 Å². The SMILES string of the molecule is Cc1cc(N=Nc2ccc(C(=O)Sc3ccccc3)o2)cc(C)c1O. The largest absolute Gasteiger partial charge is 0.507 e. The Bertz CT molecular complexity index is 910. The van der Waals surface area contributed by atoms with Crippen LogP contribution in [0.25, 0.3) is 0 Å². The molecule has 0 amide bonds. The number of azo groups is 1. The molecular formula is C19H16N2O3S. The third kappa shape index (κ3) is 4.16. The van der Waals surface area contributed by atoms with Gasteiger partial charge in [-0.25, -0.2) is 0 Å². The van der Waals surface area contributed by atoms with Crippen molar-refractivity contribution in [3.8, 4) is 5.75 Å². The summed E-state index contributed by atoms with van der Waals surface area (Å²) in [6, 6.07) is 16.0. The Morgan fingerprint density at radius 3 is 2.36 bits per heavy atom. The van der Waals surface area contributed by atoms with Gasteiger partial charge in [-0.05, 0) is 67.1 Å². The minimum absolute atomic E-state index is 0.191. The van der Waals surface area contributed by atoms with Crippen LogP contribution in [0.5, 0.6) is 5.75 Å². The zero-order valence-corrected chi connectivity index (χ0v) is 14.6. The summed E-state index contributed by atoms with van der Waals surface area (Å²) in [5.74, 6) is 0.726. The molecule has 1 aromatic heterocycles. The van der Waals surface area contributed by atoms with Crippen LogP contribution in [0.4, 0.5) is 11.6 Å². The topological polar surface area (TPSA) is 75.2 Å². The summed E-state index contributed by atoms with van der Waals surface area (Å²) in [5.41, 5.74) is 2.06. The number of thioether (sulfide) groups is 1. The van der Waals surface area contributed by atoms with E-state index in [1.807, 2.05) is 30.3 Å². The fourth-order valence-corrected chi connectivity index (χ4v) is 2.95. The molecule has 0 saturated heterocycles. The highest BCUT2D eigenvalue weighted by molar-refractivity contribution is 8.14. The number of nitrogens with zero attached hydrogens (tertiary/aromatic N) is 2. The predicted molar refractivity (Wildman–Crippen MR) is 97.1 cm³/mol. The maximum Gasteiger partial charge on any atom is 0.259 e. The number of phenolic OH excluding ortho intramolecular Hbond substituents is 1. The molecule has 0 aliphatic rings. The summed E-state index contributed by atoms with van der Waals surface area (Å²) in [6.45, 7) is 3.59. The van der Waals surface area contributed by atoms with E-state index in [1.54, 1.807) is 38.1 Å². The summed E-state index contributed by atoms with van der Waals surface area (Å²) in [4.78, 5) is 13.0. The predicted octanol–water partition coefficient (Wildman–Crippen LogP) is 5.95. The van der Waals surface area contributed by atoms with E-state index in [0.29, 0.717) is 5.69 Å². The lowest BCUT2D eigenvalue weighted by atomic mass is 10.1. The van der Waals surface area contributed by atoms with Crippen molar-refractivity contribution in [2.45, 2.75) is 18.7 Å². The van der Waals surface area contributed by atoms with Gasteiger partial charge >= 0.3 is 0 Å². The first-order chi connectivity index (χ1) is 12.0. The standard InChI is InChI=1S/C19H16N2O3S/c1-12-10-14(11-13(2)18(12)22)20-21-17-9-8-16(24-17)19(23)25-15-6-4-3-5-7-15/h3-11,22H,1-2H3. The van der Waals surface area contributed by atoms with Gasteiger partial charge in [-0.2, -0.15) is 0 Å². The van der Waals surface area contributed by atoms with Crippen molar-refractivity contribution in [1.29, 1.82) is 0 Å². The molecule has 0 bridgehead atoms. The van der Waals surface area contributed by atoms with Crippen molar-refractivity contribution in [2.24, 2.45) is 10.2 Å². The van der Waals surface area contributed by atoms with Gasteiger partial charge in [0.25, 0.3) is 5.12 Å². The van der Waals surface area contributed by atoms with Crippen molar-refractivity contribution >= 4 is 28.4 Å². The van der Waals surface area contributed by atoms with E-state index in [-0.39, 0.29) is 22.5 Å². The minimum Gasteiger partial charge on any atom is -0.507 e. The summed E-state index contributed by atoms with van der Waals surface area (Å²) in [5, 5.41) is 17.7. The van der Waals surface area contributed by atoms with Crippen LogP contribution in [0.2, 0.25) is 0 Å². The van der Waals surface area contributed by atoms with E-state index >= 15 is 0 Å². The number of hydrogen-bond donors (Lipinski definition) is 1. The van der Waals surface area contributed by atoms with Crippen molar-refractivity contribution in [2.75, 3.05) is 0 Å². The van der Waals surface area contributed by atoms with Gasteiger partial charge in [-0.3, -0.25) is 4.79 Å². The van der Waals surface area contributed by atoms with Gasteiger partial charge in [-0.15, -0.1) is 10.2 Å². The highest BCUT2D eigenvalue weighted by Crippen LogP contribution is 2.30. The molecule has 5 nitrogen and oxygen atoms in total. The maximum atomic E-state index is 12.2. The normalized spacial score (nSPS) is 11.1. The molecule has 1 N–H and O–H groups in total. The maximum absolute atomic E-state index is 12.2. The van der Waals surface area contributed by atoms with E-state index in [4.69, 9.17) is 4.42 Å². The zero-order valence-electron chi connectivity index (χ0n) is 13.8. The van der Waals surface area contributed by atoms with Crippen molar-refractivity contribution in [3.05, 3.63) is 71.5 Å². The summed E-state index contributed by atoms with van der Waals surface area (Å²) in [6.07, 6.45) is 0. The van der Waals surface area contributed by atoms with Crippen molar-refractivity contribution in [3.63, 3.8) is 0 Å². The van der Waals surface area contributed by atoms with Gasteiger partial charge < -0.3 is 9.52 Å². The van der Waals surface area contributed by atoms with Crippen molar-refractivity contribution < 1.29 is 14.3 Å². The van der Waals surface area contributed by atoms with E-state index in [2.05, 4.69) is 10.2 Å². The molecular weight excluding hydrogens is 336 g/mol. The Hall–Kier alpha value is -2.86. The molecule has 1 heterocycles. The van der Waals surface area contributed by atoms with Crippen LogP contribution >= 0.6 is 11.8 Å². The molecule has 0 atom stereocenters. The van der Waals surface area contributed by atoms with Gasteiger partial charge in [0.05, 0.1) is 5.69 Å². The van der Waals surface area contributed by atoms with E-state index in [1.165, 1.54) is 0 Å². The average molecular weight is 352 g/mol. The molecule has 0 radical (unpaired) electrons. The molecule has 0 aliphatic heterocycles. The Balaban J connectivity index is 1.72. The third-order valence-corrected chi connectivity index (χ3v) is 4.38. The number of aromatic hydroxyl groups is 1. The molecule has 6 heteroatoms. The van der Waals surface area contributed by atoms with Crippen LogP contribution in [-0.2, 0) is 0 Å². The molecule has 25 heavy (non-hydrogen) atoms. The first kappa shape index (κ1) is 17.0. The second-order valence-corrected chi connectivity index (χ2v) is 6.51. The second-order valence-electron chi connectivity index (χ2n) is 5.47. The molecule has 3 aromatic rings. The number of aryl methyl sites for hydroxylation is 2. The number of benzene rings is 2. The highest BCUT2D eigenvalue weighted by atomic mass is 32.2. The van der Waals surface area contributed by atoms with Crippen LogP contribution in [0.1, 0.15) is 21.7 Å². The molecule has 0 saturated carbocycles. The quantitative estimate of drug-likeness (QED) is 0.465. The first-order valence-electron chi connectivity index (χ1n) is 7.62. The minimum atomic E-state index is -0.191. The molecule has 0 unspecified atom stereocenters. The fourth-order valence-electron chi connectivity index (χ4n) is 2.23. The molecule has 2 aromatic carbocycles. The van der Waals surface area contributed by atoms with Crippen LogP contribution < -0.4 is 0 Å². The number of furan rings is 1. The fraction of sp³-hybridized carbons (Fsp3) is 0.105. The zero-order chi connectivity index (χ0) is 17.8. The Kier molecular flexibility index (Phi) is 5.00. The number of hydrogen-bond acceptors (Lipinski definition) is 6. The van der Waals surface area contributed by atoms with Crippen LogP contribution in [0, 0.1) is 13.8 Å². The molecule has 3 rings (SSSR count). The highest BCUT2D eigenvalue weighted by Gasteiger charge is 2.13. The molecule has 0 spiro atoms. The van der Waals surface area contributed by atoms with Gasteiger partial charge in [0.2, 0.25) is 5.88 Å². The van der Waals surface area contributed by atoms with Crippen molar-refractivity contribution in [1.82, 2.24) is 0 Å². The van der Waals surface area contributed by atoms with E-state index in [0.717, 1.165) is 27.8 Å². The van der Waals surface area contributed by atoms with Gasteiger partial charge in [0.1, 0.15) is 5.75 Å². The Morgan fingerprint density at radius 2 is 1.68 bits per heavy atom. The third-order valence-electron chi connectivity index (χ3n) is 3.49. The van der Waals surface area contributed by atoms with E-state index < -0.39 is 0 Å². The van der Waals surface area contributed by atoms with E-state index in [9.17, 15) is 9.90 Å². The lowest BCUT2D eigenvalue weighted by Crippen LogP contribution is -1.89. The number of carbonyl (C=O) groups is 1. The Morgan fingerprint density at radius 1 is 1.00 bits per heavy atom. The number of carbonyl (C=O) groups excluding carboxylic acids is 1. The molecule has 126 valence electrons. The smallest absolute Gasteiger partial charge is 0.259 e. The first-order valence-corrected chi connectivity index (χ1v) is 8.43. The second kappa shape index (κ2) is 7.36. The summed E-state index contributed by atoms with van der Waals surface area (Å²) < 4.78 is 5.44. The summed E-state index contributed by atoms with van der Waals surface area (Å²) in [7, 11) is 0. The van der Waals surface area contributed by atoms with Gasteiger partial charge in [-0.1, -0.05) is 18.2 Å². The monoisotopic (exact) mass is 352 g/mol. The summed E-state index contributed by atoms with van der Waals surface area (Å²) >= 11 is 1.10. The number of phenols is 1. The Labute approximate surface area is 149 Å². The van der Waals surface area contributed by atoms with Crippen LogP contribution in [0.3, 0.4) is 0 Å². The lowest BCUT2D eigenvalue weighted by molar-refractivity contribution is 0.106. The van der Waals surface area contributed by atoms with Crippen LogP contribution in [-0.4, -0.2) is 10.2 Å². The lowest BCUT2D eigenvalue weighted by Gasteiger charge is -2.03. The molecule has 0 fully saturated rings. The van der Waals surface area contributed by atoms with Gasteiger partial charge in [0.15, 0.2) is 5.76 Å². The van der Waals surface area contributed by atoms with Gasteiger partial charge in [0, 0.05) is 11.0 Å². The average Bonchev–Trinajstić information content (AvgIpc) is 3.08. The molecule has 0 aliphatic carbocycles. The number of rotatable bonds is 4.